The Bertz CT molecular complexity index is 939. The van der Waals surface area contributed by atoms with E-state index in [0.29, 0.717) is 31.1 Å². The van der Waals surface area contributed by atoms with E-state index in [0.717, 1.165) is 25.7 Å². The molecular weight excluding hydrogens is 536 g/mol. The molecule has 0 aromatic heterocycles. The van der Waals surface area contributed by atoms with E-state index in [1.807, 2.05) is 6.92 Å². The molecule has 0 heterocycles. The van der Waals surface area contributed by atoms with Crippen molar-refractivity contribution in [2.45, 2.75) is 149 Å². The third kappa shape index (κ3) is 5.42. The molecule has 4 rings (SSSR count). The maximum Gasteiger partial charge on any atom is 0.164 e. The van der Waals surface area contributed by atoms with Crippen LogP contribution in [0.5, 0.6) is 0 Å². The standard InChI is InChI=1S/C34H62O8/c1-17(2)22-13-21(11-9-10-12-33(40,41)18(3)4)28(37)25-19(5)27-30(39)34(42)29(38)26(20(6)35)24(36)15-32(34,8)16-31(27,7)14-23(22)25/h17-30,35-42H,9-16H2,1-8H3/t19?,20?,21?,22?,23?,24?,25?,26?,27?,28?,29?,30?,31-,32+,34+/m0/s1. The lowest BCUT2D eigenvalue weighted by Crippen LogP contribution is -2.78. The summed E-state index contributed by atoms with van der Waals surface area (Å²) in [6.07, 6.45) is -0.350. The van der Waals surface area contributed by atoms with Crippen LogP contribution in [0.3, 0.4) is 0 Å². The number of fused-ring (bicyclic) bond motifs is 3. The SMILES string of the molecule is CC(C)C1CC(CCCCC(O)(O)C(C)C)C(O)C2C(C)C3C(O)[C@]4(O)C(O)C(C(C)O)C(O)C[C@]4(C)C[C@]3(C)CC12. The van der Waals surface area contributed by atoms with Crippen LogP contribution in [0, 0.1) is 64.1 Å². The molecule has 4 aliphatic rings. The predicted octanol–water partition coefficient (Wildman–Crippen LogP) is 3.06. The van der Waals surface area contributed by atoms with E-state index < -0.39 is 53.2 Å². The Morgan fingerprint density at radius 3 is 2.07 bits per heavy atom. The molecule has 0 spiro atoms. The molecule has 0 amide bonds. The van der Waals surface area contributed by atoms with E-state index in [2.05, 4.69) is 27.7 Å². The molecule has 0 aliphatic heterocycles. The van der Waals surface area contributed by atoms with Crippen molar-refractivity contribution >= 4 is 0 Å². The second-order valence-corrected chi connectivity index (χ2v) is 16.7. The molecule has 0 aromatic carbocycles. The van der Waals surface area contributed by atoms with Crippen molar-refractivity contribution in [1.29, 1.82) is 0 Å². The second-order valence-electron chi connectivity index (χ2n) is 16.7. The van der Waals surface area contributed by atoms with Gasteiger partial charge < -0.3 is 40.9 Å². The molecule has 42 heavy (non-hydrogen) atoms. The van der Waals surface area contributed by atoms with Gasteiger partial charge >= 0.3 is 0 Å². The van der Waals surface area contributed by atoms with Crippen LogP contribution in [0.4, 0.5) is 0 Å². The van der Waals surface area contributed by atoms with Crippen LogP contribution < -0.4 is 0 Å². The first-order valence-corrected chi connectivity index (χ1v) is 16.8. The summed E-state index contributed by atoms with van der Waals surface area (Å²) in [6, 6.07) is 0. The van der Waals surface area contributed by atoms with Gasteiger partial charge in [-0.25, -0.2) is 0 Å². The van der Waals surface area contributed by atoms with E-state index in [1.165, 1.54) is 6.92 Å². The molecule has 12 unspecified atom stereocenters. The Kier molecular flexibility index (Phi) is 9.71. The smallest absolute Gasteiger partial charge is 0.164 e. The van der Waals surface area contributed by atoms with Gasteiger partial charge in [0.25, 0.3) is 0 Å². The van der Waals surface area contributed by atoms with Crippen molar-refractivity contribution in [1.82, 2.24) is 0 Å². The highest BCUT2D eigenvalue weighted by Gasteiger charge is 2.73. The zero-order valence-electron chi connectivity index (χ0n) is 27.3. The lowest BCUT2D eigenvalue weighted by Gasteiger charge is -2.70. The van der Waals surface area contributed by atoms with Gasteiger partial charge in [0.2, 0.25) is 0 Å². The van der Waals surface area contributed by atoms with Gasteiger partial charge in [0.05, 0.1) is 30.5 Å². The Balaban J connectivity index is 1.62. The van der Waals surface area contributed by atoms with Crippen molar-refractivity contribution in [3.8, 4) is 0 Å². The quantitative estimate of drug-likeness (QED) is 0.156. The van der Waals surface area contributed by atoms with Crippen LogP contribution in [-0.4, -0.2) is 82.8 Å². The molecule has 8 nitrogen and oxygen atoms in total. The van der Waals surface area contributed by atoms with Crippen LogP contribution in [-0.2, 0) is 0 Å². The summed E-state index contributed by atoms with van der Waals surface area (Å²) in [5.41, 5.74) is -3.20. The molecular formula is C34H62O8. The van der Waals surface area contributed by atoms with Gasteiger partial charge in [0.15, 0.2) is 5.79 Å². The summed E-state index contributed by atoms with van der Waals surface area (Å²) in [6.45, 7) is 15.8. The number of unbranched alkanes of at least 4 members (excludes halogenated alkanes) is 1. The van der Waals surface area contributed by atoms with Crippen molar-refractivity contribution in [3.63, 3.8) is 0 Å². The van der Waals surface area contributed by atoms with Gasteiger partial charge in [-0.3, -0.25) is 0 Å². The van der Waals surface area contributed by atoms with Crippen LogP contribution in [0.15, 0.2) is 0 Å². The third-order valence-corrected chi connectivity index (χ3v) is 13.4. The molecule has 0 saturated heterocycles. The van der Waals surface area contributed by atoms with Gasteiger partial charge in [0, 0.05) is 23.7 Å². The number of hydrogen-bond acceptors (Lipinski definition) is 8. The highest BCUT2D eigenvalue weighted by molar-refractivity contribution is 5.22. The molecule has 8 heteroatoms. The third-order valence-electron chi connectivity index (χ3n) is 13.4. The molecule has 0 radical (unpaired) electrons. The molecule has 246 valence electrons. The maximum absolute atomic E-state index is 12.3. The van der Waals surface area contributed by atoms with E-state index >= 15 is 0 Å². The summed E-state index contributed by atoms with van der Waals surface area (Å²) in [5.74, 6) is -2.33. The zero-order chi connectivity index (χ0) is 31.7. The summed E-state index contributed by atoms with van der Waals surface area (Å²) in [5, 5.41) is 89.8. The van der Waals surface area contributed by atoms with E-state index in [-0.39, 0.29) is 47.3 Å². The highest BCUT2D eigenvalue weighted by atomic mass is 16.5. The number of hydrogen-bond donors (Lipinski definition) is 8. The highest BCUT2D eigenvalue weighted by Crippen LogP contribution is 2.69. The monoisotopic (exact) mass is 598 g/mol. The Labute approximate surface area is 253 Å². The summed E-state index contributed by atoms with van der Waals surface area (Å²) in [7, 11) is 0. The van der Waals surface area contributed by atoms with Gasteiger partial charge in [-0.05, 0) is 92.3 Å². The minimum Gasteiger partial charge on any atom is -0.393 e. The van der Waals surface area contributed by atoms with E-state index in [4.69, 9.17) is 0 Å². The van der Waals surface area contributed by atoms with Gasteiger partial charge in [-0.2, -0.15) is 0 Å². The van der Waals surface area contributed by atoms with Gasteiger partial charge in [-0.1, -0.05) is 54.9 Å². The Hall–Kier alpha value is -0.320. The maximum atomic E-state index is 12.3. The van der Waals surface area contributed by atoms with Crippen LogP contribution in [0.25, 0.3) is 0 Å². The fourth-order valence-electron chi connectivity index (χ4n) is 11.2. The summed E-state index contributed by atoms with van der Waals surface area (Å²) in [4.78, 5) is 0. The largest absolute Gasteiger partial charge is 0.393 e. The van der Waals surface area contributed by atoms with E-state index in [1.54, 1.807) is 13.8 Å². The lowest BCUT2D eigenvalue weighted by molar-refractivity contribution is -0.333. The first-order valence-electron chi connectivity index (χ1n) is 16.8. The zero-order valence-corrected chi connectivity index (χ0v) is 27.3. The number of rotatable bonds is 8. The molecule has 4 aliphatic carbocycles. The summed E-state index contributed by atoms with van der Waals surface area (Å²) < 4.78 is 0. The molecule has 15 atom stereocenters. The van der Waals surface area contributed by atoms with E-state index in [9.17, 15) is 40.9 Å². The normalized spacial score (nSPS) is 50.3. The van der Waals surface area contributed by atoms with Crippen molar-refractivity contribution < 1.29 is 40.9 Å². The first-order chi connectivity index (χ1) is 19.2. The first kappa shape index (κ1) is 34.6. The summed E-state index contributed by atoms with van der Waals surface area (Å²) >= 11 is 0. The van der Waals surface area contributed by atoms with Gasteiger partial charge in [-0.15, -0.1) is 0 Å². The average Bonchev–Trinajstić information content (AvgIpc) is 2.84. The van der Waals surface area contributed by atoms with Crippen molar-refractivity contribution in [2.75, 3.05) is 0 Å². The van der Waals surface area contributed by atoms with Crippen molar-refractivity contribution in [3.05, 3.63) is 0 Å². The molecule has 4 saturated carbocycles. The predicted molar refractivity (Wildman–Crippen MR) is 161 cm³/mol. The lowest BCUT2D eigenvalue weighted by atomic mass is 9.37. The fourth-order valence-corrected chi connectivity index (χ4v) is 11.2. The second kappa shape index (κ2) is 11.8. The number of aliphatic hydroxyl groups is 8. The van der Waals surface area contributed by atoms with Crippen LogP contribution in [0.2, 0.25) is 0 Å². The van der Waals surface area contributed by atoms with Crippen LogP contribution >= 0.6 is 0 Å². The topological polar surface area (TPSA) is 162 Å². The molecule has 0 aromatic rings. The Morgan fingerprint density at radius 1 is 0.905 bits per heavy atom. The molecule has 4 fully saturated rings. The fraction of sp³-hybridized carbons (Fsp3) is 1.00. The molecule has 0 bridgehead atoms. The van der Waals surface area contributed by atoms with Gasteiger partial charge in [0.1, 0.15) is 5.60 Å². The minimum absolute atomic E-state index is 0.0684. The van der Waals surface area contributed by atoms with Crippen LogP contribution in [0.1, 0.15) is 107 Å². The number of aliphatic hydroxyl groups excluding tert-OH is 5. The molecule has 8 N–H and O–H groups in total. The minimum atomic E-state index is -1.90. The van der Waals surface area contributed by atoms with Crippen molar-refractivity contribution in [2.24, 2.45) is 64.1 Å². The average molecular weight is 599 g/mol. The Morgan fingerprint density at radius 2 is 1.52 bits per heavy atom.